The summed E-state index contributed by atoms with van der Waals surface area (Å²) in [5.41, 5.74) is 8.37. The number of nitrogens with two attached hydrogens (primary N) is 1. The van der Waals surface area contributed by atoms with Gasteiger partial charge in [0.05, 0.1) is 6.42 Å². The molecule has 0 fully saturated rings. The number of benzene rings is 1. The van der Waals surface area contributed by atoms with Gasteiger partial charge in [0.15, 0.2) is 5.96 Å². The van der Waals surface area contributed by atoms with E-state index in [0.717, 1.165) is 30.8 Å². The van der Waals surface area contributed by atoms with E-state index in [1.165, 1.54) is 5.56 Å². The van der Waals surface area contributed by atoms with Gasteiger partial charge < -0.3 is 26.4 Å². The number of aliphatic carboxylic acids is 1. The maximum atomic E-state index is 11.8. The number of carboxylic acids is 1. The minimum absolute atomic E-state index is 0.0711. The third kappa shape index (κ3) is 5.15. The summed E-state index contributed by atoms with van der Waals surface area (Å²) in [5, 5.41) is 21.3. The average Bonchev–Trinajstić information content (AvgIpc) is 2.52. The predicted molar refractivity (Wildman–Crippen MR) is 92.4 cm³/mol. The number of nitrogens with one attached hydrogen (secondary N) is 3. The van der Waals surface area contributed by atoms with Crippen molar-refractivity contribution in [1.82, 2.24) is 5.32 Å². The smallest absolute Gasteiger partial charge is 0.305 e. The van der Waals surface area contributed by atoms with Crippen molar-refractivity contribution in [2.45, 2.75) is 25.7 Å². The molecule has 0 atom stereocenters. The van der Waals surface area contributed by atoms with Crippen molar-refractivity contribution in [3.63, 3.8) is 0 Å². The van der Waals surface area contributed by atoms with Gasteiger partial charge in [-0.1, -0.05) is 6.07 Å². The van der Waals surface area contributed by atoms with Crippen LogP contribution in [-0.4, -0.2) is 42.6 Å². The Morgan fingerprint density at radius 2 is 2.12 bits per heavy atom. The van der Waals surface area contributed by atoms with E-state index in [4.69, 9.17) is 16.2 Å². The first-order valence-corrected chi connectivity index (χ1v) is 7.93. The first-order valence-electron chi connectivity index (χ1n) is 7.93. The van der Waals surface area contributed by atoms with Crippen molar-refractivity contribution in [2.75, 3.05) is 29.9 Å². The third-order valence-electron chi connectivity index (χ3n) is 3.85. The average molecular weight is 333 g/mol. The molecule has 8 heteroatoms. The number of hydrogen-bond donors (Lipinski definition) is 5. The Labute approximate surface area is 140 Å². The Bertz CT molecular complexity index is 632. The number of carboxylic acid groups (broad SMARTS) is 1. The molecule has 24 heavy (non-hydrogen) atoms. The molecule has 2 rings (SSSR count). The number of guanidine groups is 1. The number of amides is 1. The minimum atomic E-state index is -0.925. The van der Waals surface area contributed by atoms with Crippen molar-refractivity contribution in [1.29, 1.82) is 5.41 Å². The minimum Gasteiger partial charge on any atom is -0.481 e. The lowest BCUT2D eigenvalue weighted by Gasteiger charge is -2.31. The van der Waals surface area contributed by atoms with Crippen LogP contribution in [0.15, 0.2) is 18.2 Å². The van der Waals surface area contributed by atoms with Gasteiger partial charge >= 0.3 is 5.97 Å². The standard InChI is InChI=1S/C16H23N5O3/c17-16(18)20-12-4-3-11-2-1-8-21(13(11)10-12)9-6-14(22)19-7-5-15(23)24/h3-4,10H,1-2,5-9H2,(H,19,22)(H,23,24)(H4,17,18,20). The molecule has 0 saturated carbocycles. The molecule has 1 aromatic carbocycles. The van der Waals surface area contributed by atoms with E-state index in [1.807, 2.05) is 18.2 Å². The number of carbonyl (C=O) groups is 2. The van der Waals surface area contributed by atoms with Gasteiger partial charge in [0.2, 0.25) is 5.91 Å². The summed E-state index contributed by atoms with van der Waals surface area (Å²) < 4.78 is 0. The van der Waals surface area contributed by atoms with E-state index in [1.54, 1.807) is 0 Å². The summed E-state index contributed by atoms with van der Waals surface area (Å²) in [6, 6.07) is 5.85. The lowest BCUT2D eigenvalue weighted by atomic mass is 10.0. The summed E-state index contributed by atoms with van der Waals surface area (Å²) in [4.78, 5) is 24.4. The van der Waals surface area contributed by atoms with E-state index in [0.29, 0.717) is 13.0 Å². The van der Waals surface area contributed by atoms with E-state index >= 15 is 0 Å². The Morgan fingerprint density at radius 1 is 1.33 bits per heavy atom. The maximum absolute atomic E-state index is 11.8. The van der Waals surface area contributed by atoms with E-state index in [2.05, 4.69) is 15.5 Å². The molecule has 1 heterocycles. The Hall–Kier alpha value is -2.77. The van der Waals surface area contributed by atoms with Crippen molar-refractivity contribution in [3.05, 3.63) is 23.8 Å². The van der Waals surface area contributed by atoms with Crippen molar-refractivity contribution in [3.8, 4) is 0 Å². The molecular formula is C16H23N5O3. The molecular weight excluding hydrogens is 310 g/mol. The monoisotopic (exact) mass is 333 g/mol. The highest BCUT2D eigenvalue weighted by Crippen LogP contribution is 2.30. The molecule has 0 unspecified atom stereocenters. The predicted octanol–water partition coefficient (Wildman–Crippen LogP) is 0.726. The lowest BCUT2D eigenvalue weighted by Crippen LogP contribution is -2.34. The van der Waals surface area contributed by atoms with Crippen LogP contribution in [0, 0.1) is 5.41 Å². The van der Waals surface area contributed by atoms with Crippen LogP contribution in [0.4, 0.5) is 11.4 Å². The third-order valence-corrected chi connectivity index (χ3v) is 3.85. The molecule has 130 valence electrons. The molecule has 1 aliphatic heterocycles. The fourth-order valence-corrected chi connectivity index (χ4v) is 2.75. The van der Waals surface area contributed by atoms with Crippen LogP contribution in [0.1, 0.15) is 24.8 Å². The second-order valence-electron chi connectivity index (χ2n) is 5.72. The van der Waals surface area contributed by atoms with Gasteiger partial charge in [0, 0.05) is 37.4 Å². The zero-order valence-electron chi connectivity index (χ0n) is 13.5. The fourth-order valence-electron chi connectivity index (χ4n) is 2.75. The topological polar surface area (TPSA) is 132 Å². The zero-order valence-corrected chi connectivity index (χ0v) is 13.5. The largest absolute Gasteiger partial charge is 0.481 e. The molecule has 0 aliphatic carbocycles. The maximum Gasteiger partial charge on any atom is 0.305 e. The van der Waals surface area contributed by atoms with Crippen LogP contribution in [-0.2, 0) is 16.0 Å². The van der Waals surface area contributed by atoms with Crippen molar-refractivity contribution >= 4 is 29.2 Å². The van der Waals surface area contributed by atoms with Gasteiger partial charge in [-0.15, -0.1) is 0 Å². The normalized spacial score (nSPS) is 13.1. The number of carbonyl (C=O) groups excluding carboxylic acids is 1. The zero-order chi connectivity index (χ0) is 17.5. The Balaban J connectivity index is 1.94. The summed E-state index contributed by atoms with van der Waals surface area (Å²) in [7, 11) is 0. The van der Waals surface area contributed by atoms with Crippen LogP contribution in [0.25, 0.3) is 0 Å². The van der Waals surface area contributed by atoms with Gasteiger partial charge in [0.1, 0.15) is 0 Å². The number of aryl methyl sites for hydroxylation is 1. The summed E-state index contributed by atoms with van der Waals surface area (Å²) in [6.45, 7) is 1.58. The highest BCUT2D eigenvalue weighted by atomic mass is 16.4. The number of hydrogen-bond acceptors (Lipinski definition) is 4. The second-order valence-corrected chi connectivity index (χ2v) is 5.72. The number of anilines is 2. The van der Waals surface area contributed by atoms with E-state index < -0.39 is 5.97 Å². The highest BCUT2D eigenvalue weighted by Gasteiger charge is 2.18. The van der Waals surface area contributed by atoms with Gasteiger partial charge in [0.25, 0.3) is 0 Å². The molecule has 0 aromatic heterocycles. The van der Waals surface area contributed by atoms with Crippen LogP contribution in [0.5, 0.6) is 0 Å². The van der Waals surface area contributed by atoms with Crippen molar-refractivity contribution < 1.29 is 14.7 Å². The number of rotatable bonds is 7. The van der Waals surface area contributed by atoms with Gasteiger partial charge in [-0.05, 0) is 30.5 Å². The SMILES string of the molecule is N=C(N)Nc1ccc2c(c1)N(CCC(=O)NCCC(=O)O)CCC2. The van der Waals surface area contributed by atoms with Crippen LogP contribution in [0.2, 0.25) is 0 Å². The quantitative estimate of drug-likeness (QED) is 0.369. The summed E-state index contributed by atoms with van der Waals surface area (Å²) >= 11 is 0. The molecule has 1 amide bonds. The number of fused-ring (bicyclic) bond motifs is 1. The molecule has 1 aliphatic rings. The Kier molecular flexibility index (Phi) is 6.00. The molecule has 1 aromatic rings. The van der Waals surface area contributed by atoms with Crippen molar-refractivity contribution in [2.24, 2.45) is 5.73 Å². The Morgan fingerprint density at radius 3 is 2.83 bits per heavy atom. The first-order chi connectivity index (χ1) is 11.5. The molecule has 0 radical (unpaired) electrons. The summed E-state index contributed by atoms with van der Waals surface area (Å²) in [6.07, 6.45) is 2.24. The van der Waals surface area contributed by atoms with Gasteiger partial charge in [-0.3, -0.25) is 15.0 Å². The van der Waals surface area contributed by atoms with Crippen LogP contribution >= 0.6 is 0 Å². The van der Waals surface area contributed by atoms with Crippen LogP contribution in [0.3, 0.4) is 0 Å². The molecule has 8 nitrogen and oxygen atoms in total. The van der Waals surface area contributed by atoms with Crippen LogP contribution < -0.4 is 21.3 Å². The first kappa shape index (κ1) is 17.6. The second kappa shape index (κ2) is 8.19. The summed E-state index contributed by atoms with van der Waals surface area (Å²) in [5.74, 6) is -1.19. The number of nitrogens with zero attached hydrogens (tertiary/aromatic N) is 1. The molecule has 6 N–H and O–H groups in total. The fraction of sp³-hybridized carbons (Fsp3) is 0.438. The molecule has 0 saturated heterocycles. The molecule has 0 spiro atoms. The van der Waals surface area contributed by atoms with E-state index in [9.17, 15) is 9.59 Å². The molecule has 0 bridgehead atoms. The van der Waals surface area contributed by atoms with E-state index in [-0.39, 0.29) is 24.8 Å². The van der Waals surface area contributed by atoms with Gasteiger partial charge in [-0.2, -0.15) is 0 Å². The lowest BCUT2D eigenvalue weighted by molar-refractivity contribution is -0.136. The van der Waals surface area contributed by atoms with Gasteiger partial charge in [-0.25, -0.2) is 0 Å². The highest BCUT2D eigenvalue weighted by molar-refractivity contribution is 5.90.